The average molecular weight is 485 g/mol. The zero-order chi connectivity index (χ0) is 24.8. The van der Waals surface area contributed by atoms with E-state index < -0.39 is 36.9 Å². The number of amides is 2. The first-order chi connectivity index (χ1) is 15.4. The Hall–Kier alpha value is -2.87. The fourth-order valence-electron chi connectivity index (χ4n) is 3.13. The summed E-state index contributed by atoms with van der Waals surface area (Å²) in [6.07, 6.45) is -0.171. The molecular formula is C24H25ClF4N2O2. The molecule has 0 aliphatic rings. The Morgan fingerprint density at radius 1 is 1.15 bits per heavy atom. The molecule has 0 saturated heterocycles. The molecule has 0 bridgehead atoms. The minimum Gasteiger partial charge on any atom is -0.345 e. The van der Waals surface area contributed by atoms with Gasteiger partial charge in [-0.1, -0.05) is 55.8 Å². The molecule has 2 rings (SSSR count). The Labute approximate surface area is 195 Å². The van der Waals surface area contributed by atoms with Crippen molar-refractivity contribution in [2.75, 3.05) is 13.1 Å². The summed E-state index contributed by atoms with van der Waals surface area (Å²) in [4.78, 5) is 23.9. The largest absolute Gasteiger partial charge is 0.405 e. The van der Waals surface area contributed by atoms with Gasteiger partial charge in [-0.3, -0.25) is 9.59 Å². The number of aryl methyl sites for hydroxylation is 2. The fraction of sp³-hybridized carbons (Fsp3) is 0.333. The highest BCUT2D eigenvalue weighted by Crippen LogP contribution is 2.26. The van der Waals surface area contributed by atoms with Gasteiger partial charge in [-0.25, -0.2) is 4.39 Å². The monoisotopic (exact) mass is 484 g/mol. The van der Waals surface area contributed by atoms with Gasteiger partial charge in [0.05, 0.1) is 11.6 Å². The predicted molar refractivity (Wildman–Crippen MR) is 121 cm³/mol. The van der Waals surface area contributed by atoms with E-state index in [0.29, 0.717) is 17.5 Å². The van der Waals surface area contributed by atoms with Crippen molar-refractivity contribution in [3.8, 4) is 0 Å². The highest BCUT2D eigenvalue weighted by atomic mass is 35.5. The Bertz CT molecular complexity index is 1030. The molecule has 2 N–H and O–H groups in total. The molecule has 1 unspecified atom stereocenters. The molecule has 0 aromatic heterocycles. The van der Waals surface area contributed by atoms with Gasteiger partial charge in [0, 0.05) is 5.56 Å². The number of carbonyl (C=O) groups excluding carboxylic acids is 2. The number of alkyl halides is 3. The minimum atomic E-state index is -4.52. The summed E-state index contributed by atoms with van der Waals surface area (Å²) in [5.74, 6) is -1.95. The van der Waals surface area contributed by atoms with Crippen molar-refractivity contribution >= 4 is 29.5 Å². The highest BCUT2D eigenvalue weighted by molar-refractivity contribution is 6.30. The summed E-state index contributed by atoms with van der Waals surface area (Å²) in [6.45, 7) is 3.45. The summed E-state index contributed by atoms with van der Waals surface area (Å²) in [5.41, 5.74) is 3.23. The molecule has 1 atom stereocenters. The van der Waals surface area contributed by atoms with Crippen LogP contribution in [-0.4, -0.2) is 31.1 Å². The molecule has 2 aromatic carbocycles. The normalized spacial score (nSPS) is 12.6. The van der Waals surface area contributed by atoms with E-state index in [1.165, 1.54) is 0 Å². The number of hydrogen-bond acceptors (Lipinski definition) is 2. The second-order valence-corrected chi connectivity index (χ2v) is 8.03. The zero-order valence-electron chi connectivity index (χ0n) is 18.4. The van der Waals surface area contributed by atoms with E-state index in [9.17, 15) is 27.2 Å². The third-order valence-electron chi connectivity index (χ3n) is 4.99. The van der Waals surface area contributed by atoms with Crippen LogP contribution in [0.5, 0.6) is 0 Å². The van der Waals surface area contributed by atoms with E-state index in [2.05, 4.69) is 5.32 Å². The smallest absolute Gasteiger partial charge is 0.345 e. The number of rotatable bonds is 8. The number of carbonyl (C=O) groups is 2. The topological polar surface area (TPSA) is 58.2 Å². The Morgan fingerprint density at radius 2 is 1.85 bits per heavy atom. The average Bonchev–Trinajstić information content (AvgIpc) is 2.76. The van der Waals surface area contributed by atoms with Crippen molar-refractivity contribution in [1.29, 1.82) is 0 Å². The van der Waals surface area contributed by atoms with Crippen LogP contribution >= 0.6 is 11.6 Å². The van der Waals surface area contributed by atoms with E-state index >= 15 is 0 Å². The van der Waals surface area contributed by atoms with Crippen molar-refractivity contribution in [2.24, 2.45) is 0 Å². The van der Waals surface area contributed by atoms with Gasteiger partial charge in [0.15, 0.2) is 0 Å². The van der Waals surface area contributed by atoms with E-state index in [1.54, 1.807) is 36.5 Å². The van der Waals surface area contributed by atoms with Gasteiger partial charge in [-0.15, -0.1) is 0 Å². The van der Waals surface area contributed by atoms with Crippen LogP contribution < -0.4 is 10.6 Å². The molecule has 33 heavy (non-hydrogen) atoms. The van der Waals surface area contributed by atoms with Crippen LogP contribution in [0.15, 0.2) is 36.4 Å². The standard InChI is InChI=1S/C24H25ClF4N2O2/c1-4-17-10-16(6-5-14(2)18-9-15(3)22(26)20(25)11-18)7-8-19(17)23(33)30-12-21(32)31-13-24(27,28)29/h5-11,14H,4,12-13H2,1-3H3,(H,30,33)(H,31,32)/b6-5+. The fourth-order valence-corrected chi connectivity index (χ4v) is 3.41. The summed E-state index contributed by atoms with van der Waals surface area (Å²) in [7, 11) is 0. The van der Waals surface area contributed by atoms with Crippen molar-refractivity contribution in [1.82, 2.24) is 10.6 Å². The van der Waals surface area contributed by atoms with Crippen molar-refractivity contribution in [2.45, 2.75) is 39.3 Å². The molecule has 0 spiro atoms. The lowest BCUT2D eigenvalue weighted by Gasteiger charge is -2.12. The molecule has 178 valence electrons. The van der Waals surface area contributed by atoms with Crippen LogP contribution in [0.3, 0.4) is 0 Å². The molecule has 0 aliphatic carbocycles. The third kappa shape index (κ3) is 7.89. The lowest BCUT2D eigenvalue weighted by molar-refractivity contribution is -0.137. The quantitative estimate of drug-likeness (QED) is 0.481. The molecule has 0 saturated carbocycles. The maximum absolute atomic E-state index is 13.7. The maximum atomic E-state index is 13.7. The first-order valence-electron chi connectivity index (χ1n) is 10.3. The Kier molecular flexibility index (Phi) is 9.05. The second-order valence-electron chi connectivity index (χ2n) is 7.63. The van der Waals surface area contributed by atoms with E-state index in [1.807, 2.05) is 32.1 Å². The number of halogens is 5. The van der Waals surface area contributed by atoms with Crippen LogP contribution in [0, 0.1) is 12.7 Å². The molecule has 2 amide bonds. The third-order valence-corrected chi connectivity index (χ3v) is 5.26. The van der Waals surface area contributed by atoms with Gasteiger partial charge in [0.25, 0.3) is 5.91 Å². The maximum Gasteiger partial charge on any atom is 0.405 e. The molecule has 4 nitrogen and oxygen atoms in total. The molecule has 0 aliphatic heterocycles. The number of allylic oxidation sites excluding steroid dienone is 1. The number of nitrogens with one attached hydrogen (secondary N) is 2. The van der Waals surface area contributed by atoms with E-state index in [4.69, 9.17) is 11.6 Å². The molecular weight excluding hydrogens is 460 g/mol. The predicted octanol–water partition coefficient (Wildman–Crippen LogP) is 5.58. The van der Waals surface area contributed by atoms with Gasteiger partial charge >= 0.3 is 6.18 Å². The lowest BCUT2D eigenvalue weighted by atomic mass is 9.96. The molecule has 2 aromatic rings. The van der Waals surface area contributed by atoms with Gasteiger partial charge in [-0.05, 0) is 53.6 Å². The molecule has 0 heterocycles. The van der Waals surface area contributed by atoms with Gasteiger partial charge in [-0.2, -0.15) is 13.2 Å². The number of hydrogen-bond donors (Lipinski definition) is 2. The first-order valence-corrected chi connectivity index (χ1v) is 10.7. The minimum absolute atomic E-state index is 0.0370. The van der Waals surface area contributed by atoms with Gasteiger partial charge in [0.2, 0.25) is 5.91 Å². The Morgan fingerprint density at radius 3 is 2.45 bits per heavy atom. The van der Waals surface area contributed by atoms with Crippen LogP contribution in [0.1, 0.15) is 52.4 Å². The lowest BCUT2D eigenvalue weighted by Crippen LogP contribution is -2.41. The van der Waals surface area contributed by atoms with Crippen LogP contribution in [0.4, 0.5) is 17.6 Å². The second kappa shape index (κ2) is 11.3. The van der Waals surface area contributed by atoms with Crippen molar-refractivity contribution in [3.63, 3.8) is 0 Å². The van der Waals surface area contributed by atoms with E-state index in [-0.39, 0.29) is 10.9 Å². The van der Waals surface area contributed by atoms with Gasteiger partial charge < -0.3 is 10.6 Å². The van der Waals surface area contributed by atoms with Gasteiger partial charge in [0.1, 0.15) is 12.4 Å². The van der Waals surface area contributed by atoms with Crippen molar-refractivity contribution in [3.05, 3.63) is 75.1 Å². The highest BCUT2D eigenvalue weighted by Gasteiger charge is 2.27. The van der Waals surface area contributed by atoms with Crippen LogP contribution in [0.25, 0.3) is 6.08 Å². The van der Waals surface area contributed by atoms with Crippen LogP contribution in [-0.2, 0) is 11.2 Å². The summed E-state index contributed by atoms with van der Waals surface area (Å²) in [6, 6.07) is 8.49. The summed E-state index contributed by atoms with van der Waals surface area (Å²) < 4.78 is 50.2. The molecule has 0 radical (unpaired) electrons. The Balaban J connectivity index is 2.06. The van der Waals surface area contributed by atoms with Crippen LogP contribution in [0.2, 0.25) is 5.02 Å². The van der Waals surface area contributed by atoms with E-state index in [0.717, 1.165) is 16.7 Å². The summed E-state index contributed by atoms with van der Waals surface area (Å²) in [5, 5.41) is 4.11. The SMILES string of the molecule is CCc1cc(/C=C/C(C)c2cc(C)c(F)c(Cl)c2)ccc1C(=O)NCC(=O)NCC(F)(F)F. The molecule has 9 heteroatoms. The van der Waals surface area contributed by atoms with Crippen molar-refractivity contribution < 1.29 is 27.2 Å². The summed E-state index contributed by atoms with van der Waals surface area (Å²) >= 11 is 5.94. The zero-order valence-corrected chi connectivity index (χ0v) is 19.2. The first kappa shape index (κ1) is 26.4. The molecule has 0 fully saturated rings. The number of benzene rings is 2.